The predicted molar refractivity (Wildman–Crippen MR) is 195 cm³/mol. The highest BCUT2D eigenvalue weighted by Gasteiger charge is 2.30. The molecule has 2 nitrogen and oxygen atoms in total. The van der Waals surface area contributed by atoms with Gasteiger partial charge >= 0.3 is 0 Å². The van der Waals surface area contributed by atoms with Crippen LogP contribution in [0.2, 0.25) is 0 Å². The SMILES string of the molecule is C=CC(C)CCCC(C)(C)C[C@@H](C)CCCC(C)(OCCC)C(C)CC.CC.CC.CC.CC.CC.CC.CO. The van der Waals surface area contributed by atoms with E-state index in [2.05, 4.69) is 68.0 Å². The summed E-state index contributed by atoms with van der Waals surface area (Å²) in [5, 5.41) is 7.00. The van der Waals surface area contributed by atoms with Crippen LogP contribution in [-0.2, 0) is 4.74 Å². The molecule has 0 rings (SSSR count). The average molecular weight is 579 g/mol. The maximum absolute atomic E-state index is 7.00. The third-order valence-corrected chi connectivity index (χ3v) is 6.48. The number of ether oxygens (including phenoxy) is 1. The minimum atomic E-state index is 0.0564. The van der Waals surface area contributed by atoms with Gasteiger partial charge in [0, 0.05) is 13.7 Å². The van der Waals surface area contributed by atoms with Crippen LogP contribution in [0.4, 0.5) is 0 Å². The molecule has 0 heterocycles. The molecule has 0 radical (unpaired) electrons. The molecule has 0 spiro atoms. The first kappa shape index (κ1) is 59.1. The lowest BCUT2D eigenvalue weighted by atomic mass is 9.76. The Kier molecular flexibility index (Phi) is 76.0. The largest absolute Gasteiger partial charge is 0.400 e. The van der Waals surface area contributed by atoms with Gasteiger partial charge < -0.3 is 9.84 Å². The van der Waals surface area contributed by atoms with Crippen molar-refractivity contribution in [1.29, 1.82) is 0 Å². The van der Waals surface area contributed by atoms with Crippen LogP contribution in [0.5, 0.6) is 0 Å². The van der Waals surface area contributed by atoms with E-state index in [9.17, 15) is 0 Å². The summed E-state index contributed by atoms with van der Waals surface area (Å²) in [5.41, 5.74) is 0.514. The van der Waals surface area contributed by atoms with E-state index >= 15 is 0 Å². The van der Waals surface area contributed by atoms with Crippen LogP contribution in [0.15, 0.2) is 12.7 Å². The Bertz CT molecular complexity index is 365. The lowest BCUT2D eigenvalue weighted by molar-refractivity contribution is -0.0774. The molecule has 254 valence electrons. The molecule has 0 bridgehead atoms. The van der Waals surface area contributed by atoms with Crippen molar-refractivity contribution in [3.63, 3.8) is 0 Å². The maximum atomic E-state index is 7.00. The monoisotopic (exact) mass is 579 g/mol. The summed E-state index contributed by atoms with van der Waals surface area (Å²) < 4.78 is 6.29. The summed E-state index contributed by atoms with van der Waals surface area (Å²) in [4.78, 5) is 0. The maximum Gasteiger partial charge on any atom is 0.0679 e. The molecule has 0 amide bonds. The van der Waals surface area contributed by atoms with Crippen molar-refractivity contribution in [3.8, 4) is 0 Å². The van der Waals surface area contributed by atoms with E-state index in [1.165, 1.54) is 51.4 Å². The minimum Gasteiger partial charge on any atom is -0.400 e. The van der Waals surface area contributed by atoms with Crippen molar-refractivity contribution in [2.24, 2.45) is 23.2 Å². The van der Waals surface area contributed by atoms with Gasteiger partial charge in [0.15, 0.2) is 0 Å². The lowest BCUT2D eigenvalue weighted by Gasteiger charge is -2.36. The fraction of sp³-hybridized carbons (Fsp3) is 0.947. The van der Waals surface area contributed by atoms with E-state index in [4.69, 9.17) is 9.84 Å². The van der Waals surface area contributed by atoms with Gasteiger partial charge in [-0.1, -0.05) is 163 Å². The molecule has 4 atom stereocenters. The summed E-state index contributed by atoms with van der Waals surface area (Å²) in [6, 6.07) is 0. The first-order chi connectivity index (χ1) is 19.1. The Morgan fingerprint density at radius 2 is 1.10 bits per heavy atom. The van der Waals surface area contributed by atoms with Gasteiger partial charge in [-0.05, 0) is 62.2 Å². The van der Waals surface area contributed by atoms with Gasteiger partial charge in [0.05, 0.1) is 5.60 Å². The molecule has 0 aromatic heterocycles. The minimum absolute atomic E-state index is 0.0564. The van der Waals surface area contributed by atoms with Gasteiger partial charge in [0.1, 0.15) is 0 Å². The fourth-order valence-corrected chi connectivity index (χ4v) is 4.20. The zero-order valence-corrected chi connectivity index (χ0v) is 32.9. The van der Waals surface area contributed by atoms with Gasteiger partial charge in [-0.3, -0.25) is 0 Å². The molecular formula is C38H90O2. The topological polar surface area (TPSA) is 29.5 Å². The summed E-state index contributed by atoms with van der Waals surface area (Å²) >= 11 is 0. The van der Waals surface area contributed by atoms with Crippen molar-refractivity contribution in [1.82, 2.24) is 0 Å². The van der Waals surface area contributed by atoms with E-state index in [1.54, 1.807) is 0 Å². The third kappa shape index (κ3) is 44.7. The van der Waals surface area contributed by atoms with E-state index in [0.717, 1.165) is 26.1 Å². The highest BCUT2D eigenvalue weighted by molar-refractivity contribution is 4.82. The summed E-state index contributed by atoms with van der Waals surface area (Å²) in [7, 11) is 1.00. The van der Waals surface area contributed by atoms with Gasteiger partial charge in [0.25, 0.3) is 0 Å². The highest BCUT2D eigenvalue weighted by Crippen LogP contribution is 2.35. The van der Waals surface area contributed by atoms with Crippen LogP contribution in [0.25, 0.3) is 0 Å². The molecule has 3 unspecified atom stereocenters. The Morgan fingerprint density at radius 3 is 1.45 bits per heavy atom. The molecule has 0 aromatic carbocycles. The van der Waals surface area contributed by atoms with Crippen LogP contribution in [0.3, 0.4) is 0 Å². The van der Waals surface area contributed by atoms with Crippen LogP contribution in [0.1, 0.15) is 196 Å². The van der Waals surface area contributed by atoms with Crippen LogP contribution in [-0.4, -0.2) is 24.4 Å². The lowest BCUT2D eigenvalue weighted by Crippen LogP contribution is -2.36. The Hall–Kier alpha value is -0.340. The van der Waals surface area contributed by atoms with Gasteiger partial charge in [-0.15, -0.1) is 6.58 Å². The zero-order valence-electron chi connectivity index (χ0n) is 32.9. The molecule has 0 aliphatic carbocycles. The van der Waals surface area contributed by atoms with Crippen LogP contribution < -0.4 is 0 Å². The quantitative estimate of drug-likeness (QED) is 0.185. The van der Waals surface area contributed by atoms with Crippen molar-refractivity contribution in [2.75, 3.05) is 13.7 Å². The van der Waals surface area contributed by atoms with Crippen molar-refractivity contribution in [2.45, 2.75) is 202 Å². The van der Waals surface area contributed by atoms with Crippen LogP contribution in [0, 0.1) is 23.2 Å². The van der Waals surface area contributed by atoms with Crippen molar-refractivity contribution in [3.05, 3.63) is 12.7 Å². The van der Waals surface area contributed by atoms with E-state index in [-0.39, 0.29) is 5.60 Å². The molecule has 40 heavy (non-hydrogen) atoms. The summed E-state index contributed by atoms with van der Waals surface area (Å²) in [6.45, 7) is 47.6. The number of hydrogen-bond acceptors (Lipinski definition) is 2. The molecule has 0 saturated heterocycles. The second-order valence-corrected chi connectivity index (χ2v) is 9.94. The van der Waals surface area contributed by atoms with E-state index < -0.39 is 0 Å². The molecule has 0 aliphatic rings. The Labute approximate surface area is 261 Å². The highest BCUT2D eigenvalue weighted by atomic mass is 16.5. The average Bonchev–Trinajstić information content (AvgIpc) is 3.02. The molecule has 2 heteroatoms. The normalized spacial score (nSPS) is 12.8. The molecule has 0 fully saturated rings. The predicted octanol–water partition coefficient (Wildman–Crippen LogP) is 14.2. The second-order valence-electron chi connectivity index (χ2n) is 9.94. The second kappa shape index (κ2) is 51.4. The summed E-state index contributed by atoms with van der Waals surface area (Å²) in [5.74, 6) is 2.09. The number of hydrogen-bond donors (Lipinski definition) is 1. The molecular weight excluding hydrogens is 488 g/mol. The first-order valence-electron chi connectivity index (χ1n) is 17.8. The van der Waals surface area contributed by atoms with Gasteiger partial charge in [0.2, 0.25) is 0 Å². The molecule has 1 N–H and O–H groups in total. The number of aliphatic hydroxyl groups excluding tert-OH is 1. The third-order valence-electron chi connectivity index (χ3n) is 6.48. The number of rotatable bonds is 16. The zero-order chi connectivity index (χ0) is 34.2. The number of aliphatic hydroxyl groups is 1. The standard InChI is InChI=1S/C25H50O.6C2H6.CH4O/c1-10-19-26-25(9,23(6)12-3)18-14-16-22(5)20-24(7,8)17-13-15-21(4)11-2;7*1-2/h11,21-23H,2,10,12-20H2,1,3-9H3;6*1-2H3;2H,1H3/t21?,22-,23?,25?;;;;;;;/m0......./s1. The number of allylic oxidation sites excluding steroid dienone is 1. The first-order valence-corrected chi connectivity index (χ1v) is 17.8. The summed E-state index contributed by atoms with van der Waals surface area (Å²) in [6.07, 6.45) is 13.5. The van der Waals surface area contributed by atoms with Gasteiger partial charge in [-0.2, -0.15) is 0 Å². The van der Waals surface area contributed by atoms with Gasteiger partial charge in [-0.25, -0.2) is 0 Å². The molecule has 0 aromatic rings. The van der Waals surface area contributed by atoms with Crippen LogP contribution >= 0.6 is 0 Å². The fourth-order valence-electron chi connectivity index (χ4n) is 4.20. The van der Waals surface area contributed by atoms with E-state index in [1.807, 2.05) is 83.1 Å². The molecule has 0 saturated carbocycles. The van der Waals surface area contributed by atoms with E-state index in [0.29, 0.717) is 17.3 Å². The van der Waals surface area contributed by atoms with Crippen molar-refractivity contribution < 1.29 is 9.84 Å². The van der Waals surface area contributed by atoms with Crippen molar-refractivity contribution >= 4 is 0 Å². The Balaban J connectivity index is -0.000000105. The Morgan fingerprint density at radius 1 is 0.700 bits per heavy atom. The smallest absolute Gasteiger partial charge is 0.0679 e. The molecule has 0 aliphatic heterocycles.